The summed E-state index contributed by atoms with van der Waals surface area (Å²) in [4.78, 5) is 34.0. The van der Waals surface area contributed by atoms with Gasteiger partial charge in [0, 0.05) is 5.57 Å². The summed E-state index contributed by atoms with van der Waals surface area (Å²) in [7, 11) is 0. The second-order valence-corrected chi connectivity index (χ2v) is 6.80. The summed E-state index contributed by atoms with van der Waals surface area (Å²) < 4.78 is 93.5. The zero-order valence-corrected chi connectivity index (χ0v) is 16.5. The Morgan fingerprint density at radius 1 is 0.903 bits per heavy atom. The highest BCUT2D eigenvalue weighted by atomic mass is 19.4. The molecular formula is C18H22F6O7. The van der Waals surface area contributed by atoms with Gasteiger partial charge in [0.15, 0.2) is 6.61 Å². The first-order valence-electron chi connectivity index (χ1n) is 9.15. The van der Waals surface area contributed by atoms with Crippen LogP contribution in [0.4, 0.5) is 26.3 Å². The summed E-state index contributed by atoms with van der Waals surface area (Å²) in [6.07, 6.45) is -10.9. The molecule has 7 nitrogen and oxygen atoms in total. The zero-order chi connectivity index (χ0) is 23.8. The summed E-state index contributed by atoms with van der Waals surface area (Å²) in [5.74, 6) is -8.12. The molecule has 0 radical (unpaired) electrons. The molecule has 0 spiro atoms. The van der Waals surface area contributed by atoms with Gasteiger partial charge in [-0.25, -0.2) is 9.59 Å². The predicted molar refractivity (Wildman–Crippen MR) is 90.4 cm³/mol. The van der Waals surface area contributed by atoms with Gasteiger partial charge in [-0.1, -0.05) is 6.58 Å². The highest BCUT2D eigenvalue weighted by Crippen LogP contribution is 2.39. The average molecular weight is 464 g/mol. The van der Waals surface area contributed by atoms with E-state index in [2.05, 4.69) is 16.1 Å². The normalized spacial score (nSPS) is 19.6. The van der Waals surface area contributed by atoms with Gasteiger partial charge in [0.05, 0.1) is 12.7 Å². The molecule has 0 unspecified atom stereocenters. The summed E-state index contributed by atoms with van der Waals surface area (Å²) in [5.41, 5.74) is 0.128. The fraction of sp³-hybridized carbons (Fsp3) is 0.722. The van der Waals surface area contributed by atoms with E-state index in [0.29, 0.717) is 25.7 Å². The number of halogens is 6. The molecule has 0 saturated heterocycles. The van der Waals surface area contributed by atoms with Crippen molar-refractivity contribution in [2.75, 3.05) is 19.8 Å². The number of esters is 3. The van der Waals surface area contributed by atoms with Gasteiger partial charge in [-0.3, -0.25) is 4.79 Å². The SMILES string of the molecule is C=C(C)C(=O)OCC(=O)OC1CCC(OCCOC(=O)C(C(F)(F)F)C(F)(F)F)CC1. The van der Waals surface area contributed by atoms with Crippen molar-refractivity contribution in [3.8, 4) is 0 Å². The van der Waals surface area contributed by atoms with Crippen LogP contribution < -0.4 is 0 Å². The van der Waals surface area contributed by atoms with Crippen LogP contribution in [0.1, 0.15) is 32.6 Å². The smallest absolute Gasteiger partial charge is 0.411 e. The molecule has 1 saturated carbocycles. The Labute approximate surface area is 173 Å². The number of rotatable bonds is 9. The fourth-order valence-electron chi connectivity index (χ4n) is 2.68. The molecule has 1 aliphatic carbocycles. The van der Waals surface area contributed by atoms with E-state index in [1.54, 1.807) is 0 Å². The number of hydrogen-bond acceptors (Lipinski definition) is 7. The first-order valence-corrected chi connectivity index (χ1v) is 9.15. The van der Waals surface area contributed by atoms with E-state index in [1.807, 2.05) is 0 Å². The molecule has 31 heavy (non-hydrogen) atoms. The minimum atomic E-state index is -5.81. The molecule has 0 heterocycles. The number of carbonyl (C=O) groups excluding carboxylic acids is 3. The molecule has 1 aliphatic rings. The fourth-order valence-corrected chi connectivity index (χ4v) is 2.68. The Morgan fingerprint density at radius 3 is 1.90 bits per heavy atom. The summed E-state index contributed by atoms with van der Waals surface area (Å²) in [5, 5.41) is 0. The van der Waals surface area contributed by atoms with E-state index in [1.165, 1.54) is 6.92 Å². The molecule has 0 N–H and O–H groups in total. The summed E-state index contributed by atoms with van der Waals surface area (Å²) in [6, 6.07) is 0. The zero-order valence-electron chi connectivity index (χ0n) is 16.5. The number of carbonyl (C=O) groups is 3. The largest absolute Gasteiger partial charge is 0.463 e. The van der Waals surface area contributed by atoms with Crippen LogP contribution in [-0.4, -0.2) is 62.3 Å². The van der Waals surface area contributed by atoms with E-state index < -0.39 is 61.6 Å². The lowest BCUT2D eigenvalue weighted by Crippen LogP contribution is -2.43. The van der Waals surface area contributed by atoms with E-state index in [9.17, 15) is 40.7 Å². The molecule has 13 heteroatoms. The Morgan fingerprint density at radius 2 is 1.42 bits per heavy atom. The van der Waals surface area contributed by atoms with Crippen LogP contribution in [0, 0.1) is 5.92 Å². The first kappa shape index (κ1) is 26.7. The Balaban J connectivity index is 2.28. The van der Waals surface area contributed by atoms with E-state index in [-0.39, 0.29) is 12.2 Å². The molecule has 0 aromatic rings. The Hall–Kier alpha value is -2.31. The molecule has 0 aromatic carbocycles. The van der Waals surface area contributed by atoms with Crippen molar-refractivity contribution in [2.45, 2.75) is 57.2 Å². The number of hydrogen-bond donors (Lipinski definition) is 0. The van der Waals surface area contributed by atoms with Gasteiger partial charge in [0.1, 0.15) is 12.7 Å². The third kappa shape index (κ3) is 9.57. The van der Waals surface area contributed by atoms with E-state index >= 15 is 0 Å². The van der Waals surface area contributed by atoms with Crippen molar-refractivity contribution in [1.29, 1.82) is 0 Å². The van der Waals surface area contributed by atoms with Crippen molar-refractivity contribution in [1.82, 2.24) is 0 Å². The third-order valence-corrected chi connectivity index (χ3v) is 4.16. The van der Waals surface area contributed by atoms with Gasteiger partial charge in [-0.2, -0.15) is 26.3 Å². The minimum absolute atomic E-state index is 0.128. The molecule has 1 rings (SSSR count). The lowest BCUT2D eigenvalue weighted by molar-refractivity contribution is -0.282. The molecule has 0 aliphatic heterocycles. The van der Waals surface area contributed by atoms with Crippen molar-refractivity contribution in [2.24, 2.45) is 5.92 Å². The molecule has 1 fully saturated rings. The maximum atomic E-state index is 12.4. The van der Waals surface area contributed by atoms with Gasteiger partial charge in [-0.05, 0) is 32.6 Å². The van der Waals surface area contributed by atoms with E-state index in [4.69, 9.17) is 9.47 Å². The number of ether oxygens (including phenoxy) is 4. The Bertz CT molecular complexity index is 637. The van der Waals surface area contributed by atoms with E-state index in [0.717, 1.165) is 0 Å². The van der Waals surface area contributed by atoms with Gasteiger partial charge >= 0.3 is 30.3 Å². The van der Waals surface area contributed by atoms with Crippen molar-refractivity contribution in [3.63, 3.8) is 0 Å². The number of alkyl halides is 6. The molecule has 178 valence electrons. The highest BCUT2D eigenvalue weighted by molar-refractivity contribution is 5.88. The average Bonchev–Trinajstić information content (AvgIpc) is 2.62. The van der Waals surface area contributed by atoms with Crippen LogP contribution in [0.5, 0.6) is 0 Å². The van der Waals surface area contributed by atoms with Crippen LogP contribution in [0.25, 0.3) is 0 Å². The van der Waals surface area contributed by atoms with Crippen molar-refractivity contribution < 1.29 is 59.7 Å². The maximum absolute atomic E-state index is 12.4. The maximum Gasteiger partial charge on any atom is 0.411 e. The monoisotopic (exact) mass is 464 g/mol. The highest BCUT2D eigenvalue weighted by Gasteiger charge is 2.62. The lowest BCUT2D eigenvalue weighted by Gasteiger charge is -2.28. The van der Waals surface area contributed by atoms with Gasteiger partial charge in [0.2, 0.25) is 5.92 Å². The summed E-state index contributed by atoms with van der Waals surface area (Å²) in [6.45, 7) is 3.05. The minimum Gasteiger partial charge on any atom is -0.463 e. The quantitative estimate of drug-likeness (QED) is 0.170. The third-order valence-electron chi connectivity index (χ3n) is 4.16. The van der Waals surface area contributed by atoms with Crippen LogP contribution in [0.15, 0.2) is 12.2 Å². The van der Waals surface area contributed by atoms with Crippen molar-refractivity contribution in [3.05, 3.63) is 12.2 Å². The second-order valence-electron chi connectivity index (χ2n) is 6.80. The van der Waals surface area contributed by atoms with Crippen molar-refractivity contribution >= 4 is 17.9 Å². The van der Waals surface area contributed by atoms with Gasteiger partial charge < -0.3 is 18.9 Å². The Kier molecular flexibility index (Phi) is 9.78. The molecular weight excluding hydrogens is 442 g/mol. The first-order chi connectivity index (χ1) is 14.2. The second kappa shape index (κ2) is 11.3. The molecule has 0 amide bonds. The van der Waals surface area contributed by atoms with Gasteiger partial charge in [0.25, 0.3) is 0 Å². The van der Waals surface area contributed by atoms with Crippen LogP contribution in [0.3, 0.4) is 0 Å². The van der Waals surface area contributed by atoms with Crippen LogP contribution in [-0.2, 0) is 33.3 Å². The lowest BCUT2D eigenvalue weighted by atomic mass is 9.95. The summed E-state index contributed by atoms with van der Waals surface area (Å²) >= 11 is 0. The molecule has 0 aromatic heterocycles. The predicted octanol–water partition coefficient (Wildman–Crippen LogP) is 3.26. The molecule has 0 atom stereocenters. The van der Waals surface area contributed by atoms with Crippen LogP contribution in [0.2, 0.25) is 0 Å². The topological polar surface area (TPSA) is 88.1 Å². The molecule has 0 bridgehead atoms. The van der Waals surface area contributed by atoms with Crippen LogP contribution >= 0.6 is 0 Å². The van der Waals surface area contributed by atoms with Gasteiger partial charge in [-0.15, -0.1) is 0 Å². The standard InChI is InChI=1S/C18H22F6O7/c1-10(2)15(26)30-9-13(25)31-12-5-3-11(4-6-12)28-7-8-29-16(27)14(17(19,20)21)18(22,23)24/h11-12,14H,1,3-9H2,2H3.